The second-order valence-corrected chi connectivity index (χ2v) is 13.7. The molecule has 10 heteroatoms. The molecule has 2 atom stereocenters. The normalized spacial score (nSPS) is 21.2. The smallest absolute Gasteiger partial charge is 0.257 e. The Labute approximate surface area is 281 Å². The summed E-state index contributed by atoms with van der Waals surface area (Å²) >= 11 is 0. The molecule has 1 saturated carbocycles. The summed E-state index contributed by atoms with van der Waals surface area (Å²) in [4.78, 5) is 35.8. The summed E-state index contributed by atoms with van der Waals surface area (Å²) in [6.07, 6.45) is 8.72. The van der Waals surface area contributed by atoms with Gasteiger partial charge in [-0.15, -0.1) is 0 Å². The summed E-state index contributed by atoms with van der Waals surface area (Å²) in [5.74, 6) is 2.34. The summed E-state index contributed by atoms with van der Waals surface area (Å²) in [6.45, 7) is 3.19. The number of benzene rings is 3. The Bertz CT molecular complexity index is 1780. The molecule has 0 aromatic heterocycles. The van der Waals surface area contributed by atoms with Crippen molar-refractivity contribution in [3.05, 3.63) is 70.8 Å². The van der Waals surface area contributed by atoms with Crippen LogP contribution in [0.1, 0.15) is 70.4 Å². The third-order valence-corrected chi connectivity index (χ3v) is 10.6. The Morgan fingerprint density at radius 2 is 1.52 bits per heavy atom. The average Bonchev–Trinajstić information content (AvgIpc) is 3.82. The summed E-state index contributed by atoms with van der Waals surface area (Å²) in [6, 6.07) is 15.7. The number of carbonyl (C=O) groups is 2. The van der Waals surface area contributed by atoms with Crippen LogP contribution in [0.25, 0.3) is 0 Å². The number of nitrogens with zero attached hydrogens (tertiary/aromatic N) is 3. The van der Waals surface area contributed by atoms with Crippen molar-refractivity contribution < 1.29 is 28.5 Å². The second-order valence-electron chi connectivity index (χ2n) is 13.7. The second kappa shape index (κ2) is 12.4. The maximum Gasteiger partial charge on any atom is 0.257 e. The number of nitrogens with one attached hydrogen (secondary N) is 1. The highest BCUT2D eigenvalue weighted by Gasteiger charge is 2.54. The number of amides is 2. The van der Waals surface area contributed by atoms with Crippen molar-refractivity contribution >= 4 is 29.4 Å². The standard InChI is InChI=1S/C38H42N4O6/c1-45-32-15-28-30(39-20-26-14-24-8-4-5-9-25(24)22-41(26)36(28)43)17-34(32)47-12-6-3-7-13-48-35-18-31-29(16-33(35)46-2)37(44)42-23-38(10-11-38)19-27(42)21-40-31/h4-5,8-9,15-18,20,26-27,40H,3,6-7,10-14,19,21-23H2,1-2H3/t26-,27-/m0/s1. The molecule has 48 heavy (non-hydrogen) atoms. The number of fused-ring (bicyclic) bond motifs is 5. The van der Waals surface area contributed by atoms with Gasteiger partial charge < -0.3 is 34.1 Å². The molecule has 5 aliphatic rings. The molecule has 8 rings (SSSR count). The molecule has 2 fully saturated rings. The first-order valence-corrected chi connectivity index (χ1v) is 17.1. The van der Waals surface area contributed by atoms with Crippen molar-refractivity contribution in [1.29, 1.82) is 0 Å². The highest BCUT2D eigenvalue weighted by molar-refractivity contribution is 6.04. The largest absolute Gasteiger partial charge is 0.493 e. The van der Waals surface area contributed by atoms with Gasteiger partial charge in [-0.05, 0) is 73.6 Å². The van der Waals surface area contributed by atoms with E-state index in [9.17, 15) is 9.59 Å². The fourth-order valence-electron chi connectivity index (χ4n) is 7.73. The summed E-state index contributed by atoms with van der Waals surface area (Å²) in [7, 11) is 3.20. The van der Waals surface area contributed by atoms with Crippen LogP contribution in [0.3, 0.4) is 0 Å². The molecule has 250 valence electrons. The molecule has 1 N–H and O–H groups in total. The van der Waals surface area contributed by atoms with Gasteiger partial charge in [-0.2, -0.15) is 0 Å². The predicted molar refractivity (Wildman–Crippen MR) is 182 cm³/mol. The van der Waals surface area contributed by atoms with Gasteiger partial charge in [-0.3, -0.25) is 14.6 Å². The molecule has 1 aliphatic carbocycles. The van der Waals surface area contributed by atoms with Gasteiger partial charge in [-0.25, -0.2) is 0 Å². The molecule has 1 spiro atoms. The number of anilines is 1. The van der Waals surface area contributed by atoms with E-state index >= 15 is 0 Å². The minimum absolute atomic E-state index is 0.0489. The summed E-state index contributed by atoms with van der Waals surface area (Å²) in [5, 5.41) is 3.51. The fraction of sp³-hybridized carbons (Fsp3) is 0.447. The Morgan fingerprint density at radius 3 is 2.25 bits per heavy atom. The number of unbranched alkanes of at least 4 members (excludes halogenated alkanes) is 2. The average molecular weight is 651 g/mol. The SMILES string of the molecule is COc1cc2c(cc1OCCCCCOc1cc3c(cc1OC)C(=O)N1CC4(CC4)C[C@H]1CN3)N=C[C@@H]1Cc3ccccc3CN1C2=O. The molecule has 4 aliphatic heterocycles. The lowest BCUT2D eigenvalue weighted by atomic mass is 9.94. The number of hydrogen-bond donors (Lipinski definition) is 1. The van der Waals surface area contributed by atoms with Gasteiger partial charge in [0.15, 0.2) is 23.0 Å². The van der Waals surface area contributed by atoms with Crippen molar-refractivity contribution in [3.63, 3.8) is 0 Å². The lowest BCUT2D eigenvalue weighted by molar-refractivity contribution is 0.0702. The van der Waals surface area contributed by atoms with Gasteiger partial charge in [0.25, 0.3) is 11.8 Å². The first-order valence-electron chi connectivity index (χ1n) is 17.1. The molecule has 0 bridgehead atoms. The van der Waals surface area contributed by atoms with E-state index in [2.05, 4.69) is 22.3 Å². The van der Waals surface area contributed by atoms with Crippen molar-refractivity contribution in [3.8, 4) is 23.0 Å². The van der Waals surface area contributed by atoms with Crippen LogP contribution in [0.2, 0.25) is 0 Å². The third-order valence-electron chi connectivity index (χ3n) is 10.6. The number of rotatable bonds is 10. The van der Waals surface area contributed by atoms with Gasteiger partial charge >= 0.3 is 0 Å². The fourth-order valence-corrected chi connectivity index (χ4v) is 7.73. The van der Waals surface area contributed by atoms with Crippen LogP contribution in [0.15, 0.2) is 53.5 Å². The number of carbonyl (C=O) groups excluding carboxylic acids is 2. The van der Waals surface area contributed by atoms with Gasteiger partial charge in [0.2, 0.25) is 0 Å². The van der Waals surface area contributed by atoms with Gasteiger partial charge in [0.05, 0.1) is 56.0 Å². The van der Waals surface area contributed by atoms with E-state index < -0.39 is 0 Å². The zero-order chi connectivity index (χ0) is 32.8. The van der Waals surface area contributed by atoms with Crippen molar-refractivity contribution in [2.45, 2.75) is 63.6 Å². The number of methoxy groups -OCH3 is 2. The highest BCUT2D eigenvalue weighted by atomic mass is 16.5. The quantitative estimate of drug-likeness (QED) is 0.267. The maximum atomic E-state index is 13.6. The lowest BCUT2D eigenvalue weighted by Gasteiger charge is -2.34. The van der Waals surface area contributed by atoms with E-state index in [0.29, 0.717) is 65.0 Å². The van der Waals surface area contributed by atoms with Crippen LogP contribution in [-0.4, -0.2) is 80.4 Å². The van der Waals surface area contributed by atoms with Crippen LogP contribution in [0, 0.1) is 5.41 Å². The van der Waals surface area contributed by atoms with Crippen molar-refractivity contribution in [2.75, 3.05) is 45.8 Å². The van der Waals surface area contributed by atoms with Gasteiger partial charge in [-0.1, -0.05) is 24.3 Å². The first kappa shape index (κ1) is 30.6. The van der Waals surface area contributed by atoms with Crippen molar-refractivity contribution in [2.24, 2.45) is 10.4 Å². The molecular formula is C38H42N4O6. The molecule has 2 amide bonds. The van der Waals surface area contributed by atoms with Gasteiger partial charge in [0.1, 0.15) is 0 Å². The van der Waals surface area contributed by atoms with E-state index in [1.54, 1.807) is 20.3 Å². The molecule has 0 radical (unpaired) electrons. The summed E-state index contributed by atoms with van der Waals surface area (Å²) < 4.78 is 23.6. The van der Waals surface area contributed by atoms with Crippen molar-refractivity contribution in [1.82, 2.24) is 9.80 Å². The monoisotopic (exact) mass is 650 g/mol. The zero-order valence-corrected chi connectivity index (χ0v) is 27.6. The Balaban J connectivity index is 0.852. The van der Waals surface area contributed by atoms with Gasteiger partial charge in [0, 0.05) is 44.0 Å². The number of hydrogen-bond acceptors (Lipinski definition) is 8. The first-order chi connectivity index (χ1) is 23.4. The summed E-state index contributed by atoms with van der Waals surface area (Å²) in [5.41, 5.74) is 5.38. The topological polar surface area (TPSA) is 102 Å². The lowest BCUT2D eigenvalue weighted by Crippen LogP contribution is -2.44. The van der Waals surface area contributed by atoms with Crippen LogP contribution < -0.4 is 24.3 Å². The minimum Gasteiger partial charge on any atom is -0.493 e. The van der Waals surface area contributed by atoms with E-state index in [1.165, 1.54) is 24.0 Å². The van der Waals surface area contributed by atoms with E-state index in [0.717, 1.165) is 50.9 Å². The van der Waals surface area contributed by atoms with E-state index in [1.807, 2.05) is 41.4 Å². The Hall–Kier alpha value is -4.73. The number of aliphatic imine (C=N–C) groups is 1. The zero-order valence-electron chi connectivity index (χ0n) is 27.6. The molecule has 4 heterocycles. The van der Waals surface area contributed by atoms with Crippen LogP contribution in [-0.2, 0) is 13.0 Å². The van der Waals surface area contributed by atoms with E-state index in [-0.39, 0.29) is 23.9 Å². The molecule has 0 unspecified atom stereocenters. The Kier molecular flexibility index (Phi) is 7.89. The third kappa shape index (κ3) is 5.61. The maximum absolute atomic E-state index is 13.6. The Morgan fingerprint density at radius 1 is 0.833 bits per heavy atom. The predicted octanol–water partition coefficient (Wildman–Crippen LogP) is 6.04. The molecular weight excluding hydrogens is 608 g/mol. The molecule has 3 aromatic carbocycles. The van der Waals surface area contributed by atoms with Crippen LogP contribution in [0.4, 0.5) is 11.4 Å². The highest BCUT2D eigenvalue weighted by Crippen LogP contribution is 2.55. The van der Waals surface area contributed by atoms with Crippen LogP contribution in [0.5, 0.6) is 23.0 Å². The molecule has 10 nitrogen and oxygen atoms in total. The molecule has 1 saturated heterocycles. The van der Waals surface area contributed by atoms with E-state index in [4.69, 9.17) is 23.9 Å². The minimum atomic E-state index is -0.0884. The van der Waals surface area contributed by atoms with Crippen LogP contribution >= 0.6 is 0 Å². The number of ether oxygens (including phenoxy) is 4. The molecule has 3 aromatic rings.